The highest BCUT2D eigenvalue weighted by molar-refractivity contribution is 6.30. The molecule has 0 radical (unpaired) electrons. The molecule has 8 heteroatoms. The summed E-state index contributed by atoms with van der Waals surface area (Å²) in [5.74, 6) is -1.47. The van der Waals surface area contributed by atoms with Crippen LogP contribution in [-0.2, 0) is 6.54 Å². The Balaban J connectivity index is 1.59. The first-order valence-electron chi connectivity index (χ1n) is 9.35. The molecule has 4 rings (SSSR count). The molecule has 1 aliphatic carbocycles. The average molecular weight is 418 g/mol. The van der Waals surface area contributed by atoms with Crippen LogP contribution in [0.5, 0.6) is 0 Å². The first kappa shape index (κ1) is 19.5. The Morgan fingerprint density at radius 3 is 2.38 bits per heavy atom. The van der Waals surface area contributed by atoms with Crippen LogP contribution >= 0.6 is 11.6 Å². The first-order chi connectivity index (χ1) is 14.0. The third-order valence-corrected chi connectivity index (χ3v) is 5.25. The van der Waals surface area contributed by atoms with Crippen LogP contribution in [0.15, 0.2) is 46.9 Å². The number of nitrogens with zero attached hydrogens (tertiary/aromatic N) is 3. The fourth-order valence-corrected chi connectivity index (χ4v) is 3.72. The van der Waals surface area contributed by atoms with Crippen molar-refractivity contribution in [3.05, 3.63) is 70.6 Å². The van der Waals surface area contributed by atoms with Crippen molar-refractivity contribution in [2.75, 3.05) is 0 Å². The average Bonchev–Trinajstić information content (AvgIpc) is 3.37. The Labute approximate surface area is 171 Å². The topological polar surface area (TPSA) is 59.2 Å². The lowest BCUT2D eigenvalue weighted by Gasteiger charge is -2.27. The summed E-state index contributed by atoms with van der Waals surface area (Å²) in [6, 6.07) is 9.73. The van der Waals surface area contributed by atoms with Crippen LogP contribution in [0.3, 0.4) is 0 Å². The molecule has 5 nitrogen and oxygen atoms in total. The van der Waals surface area contributed by atoms with Crippen LogP contribution < -0.4 is 0 Å². The maximum absolute atomic E-state index is 13.6. The highest BCUT2D eigenvalue weighted by Crippen LogP contribution is 2.28. The van der Waals surface area contributed by atoms with E-state index in [0.717, 1.165) is 43.9 Å². The molecule has 0 unspecified atom stereocenters. The Morgan fingerprint density at radius 2 is 1.72 bits per heavy atom. The molecule has 0 saturated heterocycles. The van der Waals surface area contributed by atoms with Gasteiger partial charge in [-0.15, -0.1) is 10.2 Å². The number of halogens is 3. The summed E-state index contributed by atoms with van der Waals surface area (Å²) in [6.07, 6.45) is 3.63. The zero-order valence-corrected chi connectivity index (χ0v) is 16.2. The van der Waals surface area contributed by atoms with Crippen molar-refractivity contribution < 1.29 is 18.0 Å². The van der Waals surface area contributed by atoms with Crippen molar-refractivity contribution in [3.8, 4) is 11.5 Å². The third-order valence-electron chi connectivity index (χ3n) is 5.00. The molecule has 1 aromatic heterocycles. The van der Waals surface area contributed by atoms with E-state index in [4.69, 9.17) is 16.0 Å². The van der Waals surface area contributed by atoms with Gasteiger partial charge < -0.3 is 9.32 Å². The highest BCUT2D eigenvalue weighted by Gasteiger charge is 2.29. The van der Waals surface area contributed by atoms with Gasteiger partial charge in [-0.1, -0.05) is 24.4 Å². The summed E-state index contributed by atoms with van der Waals surface area (Å²) in [7, 11) is 0. The second-order valence-electron chi connectivity index (χ2n) is 7.04. The van der Waals surface area contributed by atoms with Gasteiger partial charge in [-0.2, -0.15) is 0 Å². The molecule has 0 aliphatic heterocycles. The van der Waals surface area contributed by atoms with Crippen LogP contribution in [0, 0.1) is 11.6 Å². The zero-order valence-electron chi connectivity index (χ0n) is 15.4. The number of benzene rings is 2. The Bertz CT molecular complexity index is 997. The minimum absolute atomic E-state index is 0.0353. The number of amides is 1. The molecular weight excluding hydrogens is 400 g/mol. The van der Waals surface area contributed by atoms with Gasteiger partial charge in [0.2, 0.25) is 11.8 Å². The largest absolute Gasteiger partial charge is 0.419 e. The molecule has 150 valence electrons. The zero-order chi connectivity index (χ0) is 20.4. The lowest BCUT2D eigenvalue weighted by molar-refractivity contribution is 0.0644. The lowest BCUT2D eigenvalue weighted by atomic mass is 10.1. The van der Waals surface area contributed by atoms with Gasteiger partial charge in [0, 0.05) is 28.3 Å². The molecule has 3 aromatic rings. The smallest absolute Gasteiger partial charge is 0.254 e. The van der Waals surface area contributed by atoms with Gasteiger partial charge in [-0.25, -0.2) is 8.78 Å². The number of hydrogen-bond donors (Lipinski definition) is 0. The molecule has 1 amide bonds. The van der Waals surface area contributed by atoms with Crippen molar-refractivity contribution in [1.82, 2.24) is 15.1 Å². The van der Waals surface area contributed by atoms with Gasteiger partial charge >= 0.3 is 0 Å². The fourth-order valence-electron chi connectivity index (χ4n) is 3.60. The van der Waals surface area contributed by atoms with Gasteiger partial charge in [0.25, 0.3) is 5.91 Å². The quantitative estimate of drug-likeness (QED) is 0.568. The SMILES string of the molecule is O=C(c1cc(F)cc(F)c1)N(Cc1nnc(-c2ccc(Cl)cc2)o1)C1CCCC1. The van der Waals surface area contributed by atoms with E-state index in [1.54, 1.807) is 29.2 Å². The normalized spacial score (nSPS) is 14.3. The maximum Gasteiger partial charge on any atom is 0.254 e. The second kappa shape index (κ2) is 8.29. The van der Waals surface area contributed by atoms with E-state index in [1.807, 2.05) is 0 Å². The summed E-state index contributed by atoms with van der Waals surface area (Å²) in [5, 5.41) is 8.68. The molecule has 0 spiro atoms. The summed E-state index contributed by atoms with van der Waals surface area (Å²) in [5.41, 5.74) is 0.672. The van der Waals surface area contributed by atoms with Gasteiger partial charge in [-0.3, -0.25) is 4.79 Å². The van der Waals surface area contributed by atoms with Crippen molar-refractivity contribution in [1.29, 1.82) is 0 Å². The van der Waals surface area contributed by atoms with Crippen LogP contribution in [-0.4, -0.2) is 27.0 Å². The summed E-state index contributed by atoms with van der Waals surface area (Å²) in [4.78, 5) is 14.6. The van der Waals surface area contributed by atoms with Gasteiger partial charge in [0.15, 0.2) is 0 Å². The minimum atomic E-state index is -0.789. The van der Waals surface area contributed by atoms with Crippen LogP contribution in [0.4, 0.5) is 8.78 Å². The molecule has 1 fully saturated rings. The van der Waals surface area contributed by atoms with Crippen LogP contribution in [0.25, 0.3) is 11.5 Å². The molecule has 0 atom stereocenters. The monoisotopic (exact) mass is 417 g/mol. The van der Waals surface area contributed by atoms with Crippen LogP contribution in [0.2, 0.25) is 5.02 Å². The van der Waals surface area contributed by atoms with Gasteiger partial charge in [0.05, 0.1) is 6.54 Å². The Morgan fingerprint density at radius 1 is 1.07 bits per heavy atom. The minimum Gasteiger partial charge on any atom is -0.419 e. The fraction of sp³-hybridized carbons (Fsp3) is 0.286. The Kier molecular flexibility index (Phi) is 5.58. The van der Waals surface area contributed by atoms with E-state index < -0.39 is 17.5 Å². The lowest BCUT2D eigenvalue weighted by Crippen LogP contribution is -2.38. The molecule has 29 heavy (non-hydrogen) atoms. The predicted octanol–water partition coefficient (Wildman–Crippen LogP) is 5.25. The molecule has 0 N–H and O–H groups in total. The standard InChI is InChI=1S/C21H18ClF2N3O2/c22-15-7-5-13(6-8-15)20-26-25-19(29-20)12-27(18-3-1-2-4-18)21(28)14-9-16(23)11-17(24)10-14/h5-11,18H,1-4,12H2. The van der Waals surface area contributed by atoms with Crippen molar-refractivity contribution >= 4 is 17.5 Å². The van der Waals surface area contributed by atoms with E-state index in [2.05, 4.69) is 10.2 Å². The third kappa shape index (κ3) is 4.45. The summed E-state index contributed by atoms with van der Waals surface area (Å²) in [6.45, 7) is 0.0716. The summed E-state index contributed by atoms with van der Waals surface area (Å²) < 4.78 is 33.0. The van der Waals surface area contributed by atoms with Crippen molar-refractivity contribution in [3.63, 3.8) is 0 Å². The first-order valence-corrected chi connectivity index (χ1v) is 9.73. The van der Waals surface area contributed by atoms with Crippen molar-refractivity contribution in [2.45, 2.75) is 38.3 Å². The van der Waals surface area contributed by atoms with E-state index in [9.17, 15) is 13.6 Å². The molecule has 0 bridgehead atoms. The van der Waals surface area contributed by atoms with E-state index in [-0.39, 0.29) is 24.0 Å². The van der Waals surface area contributed by atoms with E-state index in [1.165, 1.54) is 0 Å². The predicted molar refractivity (Wildman–Crippen MR) is 103 cm³/mol. The number of carbonyl (C=O) groups excluding carboxylic acids is 1. The second-order valence-corrected chi connectivity index (χ2v) is 7.47. The van der Waals surface area contributed by atoms with Gasteiger partial charge in [-0.05, 0) is 49.2 Å². The van der Waals surface area contributed by atoms with Crippen molar-refractivity contribution in [2.24, 2.45) is 0 Å². The summed E-state index contributed by atoms with van der Waals surface area (Å²) >= 11 is 5.90. The van der Waals surface area contributed by atoms with Gasteiger partial charge in [0.1, 0.15) is 11.6 Å². The molecule has 1 saturated carbocycles. The van der Waals surface area contributed by atoms with E-state index >= 15 is 0 Å². The highest BCUT2D eigenvalue weighted by atomic mass is 35.5. The molecule has 2 aromatic carbocycles. The van der Waals surface area contributed by atoms with Crippen LogP contribution in [0.1, 0.15) is 41.9 Å². The number of aromatic nitrogens is 2. The molecule has 1 aliphatic rings. The number of hydrogen-bond acceptors (Lipinski definition) is 4. The Hall–Kier alpha value is -2.80. The van der Waals surface area contributed by atoms with E-state index in [0.29, 0.717) is 16.5 Å². The number of carbonyl (C=O) groups is 1. The molecule has 1 heterocycles. The maximum atomic E-state index is 13.6. The number of rotatable bonds is 5. The molecular formula is C21H18ClF2N3O2.